The molecule has 0 amide bonds. The Kier molecular flexibility index (Phi) is 3.32. The van der Waals surface area contributed by atoms with E-state index >= 15 is 0 Å². The van der Waals surface area contributed by atoms with Crippen LogP contribution in [0.2, 0.25) is 0 Å². The quantitative estimate of drug-likeness (QED) is 0.738. The summed E-state index contributed by atoms with van der Waals surface area (Å²) in [7, 11) is 0. The van der Waals surface area contributed by atoms with Gasteiger partial charge in [0, 0.05) is 11.5 Å². The third-order valence-electron chi connectivity index (χ3n) is 3.92. The van der Waals surface area contributed by atoms with Gasteiger partial charge >= 0.3 is 6.18 Å². The van der Waals surface area contributed by atoms with Gasteiger partial charge < -0.3 is 0 Å². The number of carbonyl (C=O) groups excluding carboxylic acids is 1. The summed E-state index contributed by atoms with van der Waals surface area (Å²) >= 11 is 0. The van der Waals surface area contributed by atoms with Gasteiger partial charge in [0.2, 0.25) is 0 Å². The largest absolute Gasteiger partial charge is 0.416 e. The highest BCUT2D eigenvalue weighted by molar-refractivity contribution is 6.01. The number of carbonyl (C=O) groups is 1. The monoisotopic (exact) mass is 290 g/mol. The molecule has 21 heavy (non-hydrogen) atoms. The maximum absolute atomic E-state index is 12.7. The normalized spacial score (nSPS) is 17.6. The van der Waals surface area contributed by atoms with Crippen molar-refractivity contribution in [2.24, 2.45) is 0 Å². The van der Waals surface area contributed by atoms with Gasteiger partial charge in [-0.15, -0.1) is 0 Å². The molecule has 0 aliphatic heterocycles. The lowest BCUT2D eigenvalue weighted by Crippen LogP contribution is -2.12. The van der Waals surface area contributed by atoms with E-state index in [1.165, 1.54) is 12.1 Å². The summed E-state index contributed by atoms with van der Waals surface area (Å²) in [6.07, 6.45) is -2.97. The molecule has 0 spiro atoms. The first-order valence-corrected chi connectivity index (χ1v) is 6.76. The van der Waals surface area contributed by atoms with E-state index in [0.29, 0.717) is 6.42 Å². The van der Waals surface area contributed by atoms with Crippen molar-refractivity contribution in [3.8, 4) is 0 Å². The zero-order valence-electron chi connectivity index (χ0n) is 11.2. The van der Waals surface area contributed by atoms with Gasteiger partial charge in [-0.25, -0.2) is 0 Å². The van der Waals surface area contributed by atoms with Gasteiger partial charge in [0.05, 0.1) is 5.56 Å². The molecule has 0 saturated heterocycles. The second-order valence-electron chi connectivity index (χ2n) is 5.23. The lowest BCUT2D eigenvalue weighted by atomic mass is 9.91. The summed E-state index contributed by atoms with van der Waals surface area (Å²) in [6, 6.07) is 12.3. The van der Waals surface area contributed by atoms with Crippen LogP contribution in [-0.2, 0) is 12.6 Å². The maximum atomic E-state index is 12.7. The van der Waals surface area contributed by atoms with Crippen LogP contribution >= 0.6 is 0 Å². The summed E-state index contributed by atoms with van der Waals surface area (Å²) in [4.78, 5) is 12.5. The highest BCUT2D eigenvalue weighted by Crippen LogP contribution is 2.36. The average Bonchev–Trinajstić information content (AvgIpc) is 2.90. The van der Waals surface area contributed by atoms with Crippen molar-refractivity contribution in [2.45, 2.75) is 24.9 Å². The predicted molar refractivity (Wildman–Crippen MR) is 73.3 cm³/mol. The van der Waals surface area contributed by atoms with Gasteiger partial charge in [0.15, 0.2) is 5.78 Å². The minimum atomic E-state index is -4.43. The van der Waals surface area contributed by atoms with Crippen molar-refractivity contribution in [3.05, 3.63) is 70.8 Å². The van der Waals surface area contributed by atoms with E-state index in [9.17, 15) is 18.0 Å². The number of ketones is 1. The summed E-state index contributed by atoms with van der Waals surface area (Å²) in [5.74, 6) is -0.560. The third kappa shape index (κ3) is 2.58. The molecule has 0 aromatic heterocycles. The maximum Gasteiger partial charge on any atom is 0.416 e. The fourth-order valence-corrected chi connectivity index (χ4v) is 2.88. The molecule has 0 N–H and O–H groups in total. The van der Waals surface area contributed by atoms with E-state index in [1.807, 2.05) is 24.3 Å². The van der Waals surface area contributed by atoms with Crippen molar-refractivity contribution in [3.63, 3.8) is 0 Å². The Bertz CT molecular complexity index is 688. The topological polar surface area (TPSA) is 17.1 Å². The number of hydrogen-bond donors (Lipinski definition) is 0. The molecular weight excluding hydrogens is 277 g/mol. The molecule has 0 fully saturated rings. The average molecular weight is 290 g/mol. The Balaban J connectivity index is 1.94. The fourth-order valence-electron chi connectivity index (χ4n) is 2.88. The highest BCUT2D eigenvalue weighted by atomic mass is 19.4. The van der Waals surface area contributed by atoms with E-state index in [0.717, 1.165) is 29.7 Å². The molecule has 0 heterocycles. The molecule has 1 aliphatic carbocycles. The van der Waals surface area contributed by atoms with Crippen LogP contribution in [0.5, 0.6) is 0 Å². The first kappa shape index (κ1) is 13.9. The van der Waals surface area contributed by atoms with E-state index in [-0.39, 0.29) is 17.3 Å². The zero-order valence-corrected chi connectivity index (χ0v) is 11.2. The van der Waals surface area contributed by atoms with Crippen LogP contribution in [-0.4, -0.2) is 5.78 Å². The van der Waals surface area contributed by atoms with Crippen LogP contribution < -0.4 is 0 Å². The van der Waals surface area contributed by atoms with Crippen LogP contribution in [0, 0.1) is 0 Å². The molecule has 1 unspecified atom stereocenters. The summed E-state index contributed by atoms with van der Waals surface area (Å²) < 4.78 is 38.2. The molecule has 2 aromatic rings. The van der Waals surface area contributed by atoms with Gasteiger partial charge in [-0.2, -0.15) is 13.2 Å². The highest BCUT2D eigenvalue weighted by Gasteiger charge is 2.33. The Morgan fingerprint density at radius 1 is 1.05 bits per heavy atom. The Morgan fingerprint density at radius 2 is 1.81 bits per heavy atom. The van der Waals surface area contributed by atoms with Crippen molar-refractivity contribution in [2.75, 3.05) is 0 Å². The number of rotatable bonds is 2. The number of benzene rings is 2. The van der Waals surface area contributed by atoms with Crippen LogP contribution in [0.3, 0.4) is 0 Å². The molecule has 108 valence electrons. The Hall–Kier alpha value is -2.10. The van der Waals surface area contributed by atoms with Gasteiger partial charge in [-0.1, -0.05) is 36.4 Å². The minimum absolute atomic E-state index is 0.131. The smallest absolute Gasteiger partial charge is 0.293 e. The lowest BCUT2D eigenvalue weighted by Gasteiger charge is -2.12. The van der Waals surface area contributed by atoms with Crippen molar-refractivity contribution < 1.29 is 18.0 Å². The summed E-state index contributed by atoms with van der Waals surface area (Å²) in [6.45, 7) is 0. The number of alkyl halides is 3. The summed E-state index contributed by atoms with van der Waals surface area (Å²) in [5.41, 5.74) is 1.41. The molecule has 3 rings (SSSR count). The van der Waals surface area contributed by atoms with Crippen LogP contribution in [0.25, 0.3) is 0 Å². The van der Waals surface area contributed by atoms with Crippen LogP contribution in [0.15, 0.2) is 48.5 Å². The van der Waals surface area contributed by atoms with Gasteiger partial charge in [-0.3, -0.25) is 4.79 Å². The first-order valence-electron chi connectivity index (χ1n) is 6.76. The molecule has 0 radical (unpaired) electrons. The first-order chi connectivity index (χ1) is 9.97. The molecular formula is C17H13F3O. The Labute approximate surface area is 120 Å². The van der Waals surface area contributed by atoms with E-state index in [4.69, 9.17) is 0 Å². The number of halogens is 3. The second-order valence-corrected chi connectivity index (χ2v) is 5.23. The molecule has 2 aromatic carbocycles. The van der Waals surface area contributed by atoms with E-state index in [1.54, 1.807) is 0 Å². The number of Topliss-reactive ketones (excluding diaryl/α,β-unsaturated/α-hetero) is 1. The molecule has 1 aliphatic rings. The second kappa shape index (κ2) is 5.02. The van der Waals surface area contributed by atoms with Crippen LogP contribution in [0.1, 0.15) is 39.4 Å². The molecule has 0 bridgehead atoms. The minimum Gasteiger partial charge on any atom is -0.293 e. The number of hydrogen-bond acceptors (Lipinski definition) is 1. The molecule has 1 atom stereocenters. The van der Waals surface area contributed by atoms with Gasteiger partial charge in [0.1, 0.15) is 0 Å². The van der Waals surface area contributed by atoms with E-state index < -0.39 is 11.7 Å². The summed E-state index contributed by atoms with van der Waals surface area (Å²) in [5, 5.41) is 0. The Morgan fingerprint density at radius 3 is 2.57 bits per heavy atom. The zero-order chi connectivity index (χ0) is 15.0. The van der Waals surface area contributed by atoms with E-state index in [2.05, 4.69) is 0 Å². The predicted octanol–water partition coefficient (Wildman–Crippen LogP) is 4.62. The van der Waals surface area contributed by atoms with Crippen LogP contribution in [0.4, 0.5) is 13.2 Å². The van der Waals surface area contributed by atoms with Crippen molar-refractivity contribution in [1.29, 1.82) is 0 Å². The van der Waals surface area contributed by atoms with Gasteiger partial charge in [-0.05, 0) is 36.1 Å². The molecule has 4 heteroatoms. The SMILES string of the molecule is O=C(c1cccc(C(F)(F)F)c1)C1CCc2ccccc21. The van der Waals surface area contributed by atoms with Gasteiger partial charge in [0.25, 0.3) is 0 Å². The molecule has 1 nitrogen and oxygen atoms in total. The molecule has 0 saturated carbocycles. The number of aryl methyl sites for hydroxylation is 1. The number of fused-ring (bicyclic) bond motifs is 1. The standard InChI is InChI=1S/C17H13F3O/c18-17(19,20)13-6-3-5-12(10-13)16(21)15-9-8-11-4-1-2-7-14(11)15/h1-7,10,15H,8-9H2. The van der Waals surface area contributed by atoms with Crippen molar-refractivity contribution >= 4 is 5.78 Å². The van der Waals surface area contributed by atoms with Crippen molar-refractivity contribution in [1.82, 2.24) is 0 Å². The lowest BCUT2D eigenvalue weighted by molar-refractivity contribution is -0.137. The third-order valence-corrected chi connectivity index (χ3v) is 3.92. The fraction of sp³-hybridized carbons (Fsp3) is 0.235.